The minimum absolute atomic E-state index is 0.0569. The molecule has 2 aromatic heterocycles. The SMILES string of the molecule is COC(=O)c1nc(Cl)c2cc(OCc3ccccn3)ccc2c1-c1cc(OC)c(OC)c(OC)c1. The molecule has 0 radical (unpaired) electrons. The molecule has 0 saturated heterocycles. The Hall–Kier alpha value is -4.04. The van der Waals surface area contributed by atoms with Gasteiger partial charge in [0.2, 0.25) is 5.75 Å². The van der Waals surface area contributed by atoms with Crippen molar-refractivity contribution in [3.63, 3.8) is 0 Å². The maximum absolute atomic E-state index is 12.7. The number of halogens is 1. The number of pyridine rings is 2. The van der Waals surface area contributed by atoms with Crippen LogP contribution >= 0.6 is 11.6 Å². The van der Waals surface area contributed by atoms with Gasteiger partial charge in [-0.15, -0.1) is 0 Å². The summed E-state index contributed by atoms with van der Waals surface area (Å²) in [5.41, 5.74) is 1.96. The molecule has 0 saturated carbocycles. The lowest BCUT2D eigenvalue weighted by molar-refractivity contribution is 0.0595. The highest BCUT2D eigenvalue weighted by molar-refractivity contribution is 6.35. The third-order valence-electron chi connectivity index (χ3n) is 5.37. The molecule has 8 nitrogen and oxygen atoms in total. The number of aromatic nitrogens is 2. The first-order chi connectivity index (χ1) is 17.0. The van der Waals surface area contributed by atoms with Crippen LogP contribution in [0.2, 0.25) is 5.15 Å². The van der Waals surface area contributed by atoms with E-state index >= 15 is 0 Å². The lowest BCUT2D eigenvalue weighted by Gasteiger charge is -2.17. The third kappa shape index (κ3) is 4.79. The Morgan fingerprint density at radius 3 is 2.26 bits per heavy atom. The van der Waals surface area contributed by atoms with E-state index in [4.69, 9.17) is 35.3 Å². The first kappa shape index (κ1) is 24.1. The van der Waals surface area contributed by atoms with Gasteiger partial charge in [-0.1, -0.05) is 17.7 Å². The Morgan fingerprint density at radius 1 is 0.914 bits per heavy atom. The van der Waals surface area contributed by atoms with Crippen LogP contribution in [0.3, 0.4) is 0 Å². The van der Waals surface area contributed by atoms with Gasteiger partial charge in [0.05, 0.1) is 34.1 Å². The average molecular weight is 495 g/mol. The van der Waals surface area contributed by atoms with Crippen molar-refractivity contribution in [2.45, 2.75) is 6.61 Å². The van der Waals surface area contributed by atoms with Crippen LogP contribution in [0.25, 0.3) is 21.9 Å². The van der Waals surface area contributed by atoms with Crippen molar-refractivity contribution in [1.29, 1.82) is 0 Å². The van der Waals surface area contributed by atoms with Crippen LogP contribution in [0, 0.1) is 0 Å². The number of nitrogens with zero attached hydrogens (tertiary/aromatic N) is 2. The summed E-state index contributed by atoms with van der Waals surface area (Å²) in [7, 11) is 5.85. The van der Waals surface area contributed by atoms with Crippen molar-refractivity contribution >= 4 is 28.3 Å². The lowest BCUT2D eigenvalue weighted by Crippen LogP contribution is -2.08. The van der Waals surface area contributed by atoms with Gasteiger partial charge >= 0.3 is 5.97 Å². The zero-order valence-electron chi connectivity index (χ0n) is 19.6. The van der Waals surface area contributed by atoms with E-state index in [9.17, 15) is 4.79 Å². The molecule has 180 valence electrons. The van der Waals surface area contributed by atoms with Crippen LogP contribution in [-0.4, -0.2) is 44.4 Å². The van der Waals surface area contributed by atoms with E-state index in [1.807, 2.05) is 24.3 Å². The predicted octanol–water partition coefficient (Wildman–Crippen LogP) is 5.34. The normalized spacial score (nSPS) is 10.7. The van der Waals surface area contributed by atoms with Crippen molar-refractivity contribution in [3.8, 4) is 34.1 Å². The molecule has 0 aliphatic heterocycles. The number of esters is 1. The van der Waals surface area contributed by atoms with E-state index < -0.39 is 5.97 Å². The van der Waals surface area contributed by atoms with E-state index in [0.29, 0.717) is 44.9 Å². The molecular weight excluding hydrogens is 472 g/mol. The number of carbonyl (C=O) groups is 1. The number of ether oxygens (including phenoxy) is 5. The second-order valence-electron chi connectivity index (χ2n) is 7.35. The molecule has 0 bridgehead atoms. The number of rotatable bonds is 8. The number of carbonyl (C=O) groups excluding carboxylic acids is 1. The van der Waals surface area contributed by atoms with Gasteiger partial charge in [-0.25, -0.2) is 9.78 Å². The minimum atomic E-state index is -0.631. The fourth-order valence-electron chi connectivity index (χ4n) is 3.75. The Kier molecular flexibility index (Phi) is 7.22. The maximum Gasteiger partial charge on any atom is 0.357 e. The number of benzene rings is 2. The highest BCUT2D eigenvalue weighted by Gasteiger charge is 2.24. The van der Waals surface area contributed by atoms with Crippen LogP contribution in [0.5, 0.6) is 23.0 Å². The molecule has 2 heterocycles. The van der Waals surface area contributed by atoms with Gasteiger partial charge in [0, 0.05) is 17.1 Å². The number of hydrogen-bond acceptors (Lipinski definition) is 8. The summed E-state index contributed by atoms with van der Waals surface area (Å²) in [6.45, 7) is 0.289. The van der Waals surface area contributed by atoms with Gasteiger partial charge < -0.3 is 23.7 Å². The summed E-state index contributed by atoms with van der Waals surface area (Å²) in [6, 6.07) is 14.5. The van der Waals surface area contributed by atoms with E-state index in [1.165, 1.54) is 28.4 Å². The number of methoxy groups -OCH3 is 4. The van der Waals surface area contributed by atoms with E-state index in [-0.39, 0.29) is 17.5 Å². The molecule has 4 aromatic rings. The van der Waals surface area contributed by atoms with Crippen molar-refractivity contribution in [2.24, 2.45) is 0 Å². The average Bonchev–Trinajstić information content (AvgIpc) is 2.91. The molecule has 0 amide bonds. The van der Waals surface area contributed by atoms with Crippen LogP contribution in [-0.2, 0) is 11.3 Å². The van der Waals surface area contributed by atoms with Crippen molar-refractivity contribution in [3.05, 3.63) is 71.3 Å². The Balaban J connectivity index is 1.89. The highest BCUT2D eigenvalue weighted by Crippen LogP contribution is 2.44. The first-order valence-corrected chi connectivity index (χ1v) is 10.9. The van der Waals surface area contributed by atoms with Crippen LogP contribution in [0.15, 0.2) is 54.7 Å². The van der Waals surface area contributed by atoms with Crippen LogP contribution < -0.4 is 18.9 Å². The third-order valence-corrected chi connectivity index (χ3v) is 5.66. The monoisotopic (exact) mass is 494 g/mol. The Labute approximate surface area is 207 Å². The van der Waals surface area contributed by atoms with Gasteiger partial charge in [-0.3, -0.25) is 4.98 Å². The molecule has 9 heteroatoms. The Morgan fingerprint density at radius 2 is 1.66 bits per heavy atom. The van der Waals surface area contributed by atoms with Gasteiger partial charge in [-0.05, 0) is 53.4 Å². The summed E-state index contributed by atoms with van der Waals surface area (Å²) < 4.78 is 27.3. The molecule has 0 aliphatic carbocycles. The van der Waals surface area contributed by atoms with Crippen molar-refractivity contribution in [1.82, 2.24) is 9.97 Å². The minimum Gasteiger partial charge on any atom is -0.493 e. The molecule has 0 unspecified atom stereocenters. The fourth-order valence-corrected chi connectivity index (χ4v) is 3.99. The second kappa shape index (κ2) is 10.5. The zero-order chi connectivity index (χ0) is 24.9. The van der Waals surface area contributed by atoms with Gasteiger partial charge in [0.25, 0.3) is 0 Å². The largest absolute Gasteiger partial charge is 0.493 e. The molecule has 0 aliphatic rings. The van der Waals surface area contributed by atoms with Crippen molar-refractivity contribution < 1.29 is 28.5 Å². The molecule has 35 heavy (non-hydrogen) atoms. The Bertz CT molecular complexity index is 1350. The zero-order valence-corrected chi connectivity index (χ0v) is 20.4. The van der Waals surface area contributed by atoms with Gasteiger partial charge in [0.15, 0.2) is 17.2 Å². The number of hydrogen-bond donors (Lipinski definition) is 0. The smallest absolute Gasteiger partial charge is 0.357 e. The molecule has 0 spiro atoms. The maximum atomic E-state index is 12.7. The summed E-state index contributed by atoms with van der Waals surface area (Å²) in [4.78, 5) is 21.3. The summed E-state index contributed by atoms with van der Waals surface area (Å²) >= 11 is 6.52. The highest BCUT2D eigenvalue weighted by atomic mass is 35.5. The molecule has 0 N–H and O–H groups in total. The summed E-state index contributed by atoms with van der Waals surface area (Å²) in [5.74, 6) is 1.23. The van der Waals surface area contributed by atoms with Gasteiger partial charge in [0.1, 0.15) is 17.5 Å². The fraction of sp³-hybridized carbons (Fsp3) is 0.192. The standard InChI is InChI=1S/C26H23ClN2O6/c1-31-20-11-15(12-21(32-2)24(20)33-3)22-18-9-8-17(35-14-16-7-5-6-10-28-16)13-19(18)25(27)29-23(22)26(30)34-4/h5-13H,14H2,1-4H3. The topological polar surface area (TPSA) is 89.0 Å². The molecule has 4 rings (SSSR count). The molecule has 2 aromatic carbocycles. The second-order valence-corrected chi connectivity index (χ2v) is 7.71. The van der Waals surface area contributed by atoms with E-state index in [2.05, 4.69) is 9.97 Å². The van der Waals surface area contributed by atoms with Gasteiger partial charge in [-0.2, -0.15) is 0 Å². The van der Waals surface area contributed by atoms with Crippen LogP contribution in [0.1, 0.15) is 16.2 Å². The predicted molar refractivity (Wildman–Crippen MR) is 132 cm³/mol. The van der Waals surface area contributed by atoms with Crippen LogP contribution in [0.4, 0.5) is 0 Å². The van der Waals surface area contributed by atoms with E-state index in [0.717, 1.165) is 5.69 Å². The van der Waals surface area contributed by atoms with Crippen molar-refractivity contribution in [2.75, 3.05) is 28.4 Å². The summed E-state index contributed by atoms with van der Waals surface area (Å²) in [5, 5.41) is 1.41. The first-order valence-electron chi connectivity index (χ1n) is 10.5. The molecule has 0 atom stereocenters. The quantitative estimate of drug-likeness (QED) is 0.239. The lowest BCUT2D eigenvalue weighted by atomic mass is 9.96. The molecule has 0 fully saturated rings. The summed E-state index contributed by atoms with van der Waals surface area (Å²) in [6.07, 6.45) is 1.71. The number of fused-ring (bicyclic) bond motifs is 1. The molecular formula is C26H23ClN2O6. The van der Waals surface area contributed by atoms with E-state index in [1.54, 1.807) is 30.5 Å².